The summed E-state index contributed by atoms with van der Waals surface area (Å²) in [6, 6.07) is 0.429. The van der Waals surface area contributed by atoms with E-state index in [0.29, 0.717) is 6.04 Å². The first-order valence-corrected chi connectivity index (χ1v) is 7.20. The Bertz CT molecular complexity index is 246. The number of rotatable bonds is 7. The van der Waals surface area contributed by atoms with Gasteiger partial charge < -0.3 is 15.0 Å². The number of piperidine rings is 1. The lowest BCUT2D eigenvalue weighted by Crippen LogP contribution is -2.48. The maximum absolute atomic E-state index is 11.7. The van der Waals surface area contributed by atoms with Gasteiger partial charge in [-0.2, -0.15) is 0 Å². The van der Waals surface area contributed by atoms with Crippen LogP contribution in [0.2, 0.25) is 0 Å². The number of likely N-dealkylation sites (tertiary alicyclic amines) is 1. The summed E-state index contributed by atoms with van der Waals surface area (Å²) in [6.07, 6.45) is 6.87. The average molecular weight is 256 g/mol. The van der Waals surface area contributed by atoms with Crippen molar-refractivity contribution in [2.75, 3.05) is 27.2 Å². The largest absolute Gasteiger partial charge is 0.468 e. The van der Waals surface area contributed by atoms with Crippen molar-refractivity contribution < 1.29 is 9.53 Å². The number of ether oxygens (including phenoxy) is 1. The fraction of sp³-hybridized carbons (Fsp3) is 0.929. The molecule has 0 amide bonds. The number of hydrogen-bond donors (Lipinski definition) is 1. The van der Waals surface area contributed by atoms with Crippen molar-refractivity contribution in [2.24, 2.45) is 0 Å². The van der Waals surface area contributed by atoms with Crippen LogP contribution in [0.4, 0.5) is 0 Å². The number of carbonyl (C=O) groups is 1. The molecule has 0 bridgehead atoms. The van der Waals surface area contributed by atoms with Crippen LogP contribution in [0.3, 0.4) is 0 Å². The SMILES string of the molecule is CCCCC(NCC1CCCCN1C)C(=O)OC. The molecule has 1 heterocycles. The highest BCUT2D eigenvalue weighted by molar-refractivity contribution is 5.75. The molecule has 1 saturated heterocycles. The van der Waals surface area contributed by atoms with Crippen molar-refractivity contribution in [3.63, 3.8) is 0 Å². The number of methoxy groups -OCH3 is 1. The molecule has 0 aromatic heterocycles. The lowest BCUT2D eigenvalue weighted by Gasteiger charge is -2.33. The lowest BCUT2D eigenvalue weighted by molar-refractivity contribution is -0.143. The van der Waals surface area contributed by atoms with E-state index in [4.69, 9.17) is 4.74 Å². The molecular weight excluding hydrogens is 228 g/mol. The highest BCUT2D eigenvalue weighted by atomic mass is 16.5. The predicted octanol–water partition coefficient (Wildman–Crippen LogP) is 1.79. The number of nitrogens with one attached hydrogen (secondary N) is 1. The van der Waals surface area contributed by atoms with Crippen molar-refractivity contribution in [2.45, 2.75) is 57.5 Å². The van der Waals surface area contributed by atoms with Gasteiger partial charge in [-0.15, -0.1) is 0 Å². The van der Waals surface area contributed by atoms with Crippen molar-refractivity contribution in [1.29, 1.82) is 0 Å². The van der Waals surface area contributed by atoms with E-state index in [1.807, 2.05) is 0 Å². The highest BCUT2D eigenvalue weighted by Crippen LogP contribution is 2.14. The Kier molecular flexibility index (Phi) is 7.28. The smallest absolute Gasteiger partial charge is 0.322 e. The standard InChI is InChI=1S/C14H28N2O2/c1-4-5-9-13(14(17)18-3)15-11-12-8-6-7-10-16(12)2/h12-13,15H,4-11H2,1-3H3. The predicted molar refractivity (Wildman–Crippen MR) is 73.6 cm³/mol. The van der Waals surface area contributed by atoms with Crippen LogP contribution in [0.1, 0.15) is 45.4 Å². The van der Waals surface area contributed by atoms with Gasteiger partial charge in [-0.25, -0.2) is 0 Å². The van der Waals surface area contributed by atoms with Gasteiger partial charge in [0.1, 0.15) is 6.04 Å². The Morgan fingerprint density at radius 1 is 1.50 bits per heavy atom. The van der Waals surface area contributed by atoms with Gasteiger partial charge in [0.15, 0.2) is 0 Å². The molecule has 2 unspecified atom stereocenters. The Morgan fingerprint density at radius 3 is 2.89 bits per heavy atom. The van der Waals surface area contributed by atoms with E-state index >= 15 is 0 Å². The molecule has 4 nitrogen and oxygen atoms in total. The molecule has 1 fully saturated rings. The summed E-state index contributed by atoms with van der Waals surface area (Å²) in [5.41, 5.74) is 0. The molecule has 1 aliphatic rings. The number of nitrogens with zero attached hydrogens (tertiary/aromatic N) is 1. The van der Waals surface area contributed by atoms with Crippen molar-refractivity contribution >= 4 is 5.97 Å². The molecule has 18 heavy (non-hydrogen) atoms. The van der Waals surface area contributed by atoms with Crippen LogP contribution in [0.5, 0.6) is 0 Å². The highest BCUT2D eigenvalue weighted by Gasteiger charge is 2.23. The number of esters is 1. The summed E-state index contributed by atoms with van der Waals surface area (Å²) in [5.74, 6) is -0.123. The Hall–Kier alpha value is -0.610. The summed E-state index contributed by atoms with van der Waals surface area (Å²) in [7, 11) is 3.64. The van der Waals surface area contributed by atoms with Gasteiger partial charge in [-0.05, 0) is 32.9 Å². The third-order valence-electron chi connectivity index (χ3n) is 3.85. The molecule has 2 atom stereocenters. The van der Waals surface area contributed by atoms with E-state index in [9.17, 15) is 4.79 Å². The van der Waals surface area contributed by atoms with Gasteiger partial charge in [0.2, 0.25) is 0 Å². The molecule has 1 N–H and O–H groups in total. The molecule has 106 valence electrons. The third-order valence-corrected chi connectivity index (χ3v) is 3.85. The second-order valence-corrected chi connectivity index (χ2v) is 5.26. The molecule has 0 aliphatic carbocycles. The van der Waals surface area contributed by atoms with E-state index in [-0.39, 0.29) is 12.0 Å². The number of likely N-dealkylation sites (N-methyl/N-ethyl adjacent to an activating group) is 1. The maximum Gasteiger partial charge on any atom is 0.322 e. The second kappa shape index (κ2) is 8.48. The van der Waals surface area contributed by atoms with E-state index in [0.717, 1.165) is 25.8 Å². The van der Waals surface area contributed by atoms with Gasteiger partial charge in [0.05, 0.1) is 7.11 Å². The minimum atomic E-state index is -0.134. The maximum atomic E-state index is 11.7. The summed E-state index contributed by atoms with van der Waals surface area (Å²) in [4.78, 5) is 14.1. The molecule has 4 heteroatoms. The lowest BCUT2D eigenvalue weighted by atomic mass is 10.0. The molecule has 0 saturated carbocycles. The Balaban J connectivity index is 2.37. The van der Waals surface area contributed by atoms with E-state index < -0.39 is 0 Å². The third kappa shape index (κ3) is 4.94. The van der Waals surface area contributed by atoms with E-state index in [1.54, 1.807) is 0 Å². The first-order chi connectivity index (χ1) is 8.69. The normalized spacial score (nSPS) is 22.7. The Labute approximate surface area is 111 Å². The molecule has 1 aliphatic heterocycles. The monoisotopic (exact) mass is 256 g/mol. The van der Waals surface area contributed by atoms with Crippen LogP contribution in [0.15, 0.2) is 0 Å². The summed E-state index contributed by atoms with van der Waals surface area (Å²) in [6.45, 7) is 4.20. The molecule has 0 aromatic carbocycles. The van der Waals surface area contributed by atoms with Crippen LogP contribution in [-0.2, 0) is 9.53 Å². The van der Waals surface area contributed by atoms with Crippen LogP contribution < -0.4 is 5.32 Å². The molecule has 0 aromatic rings. The second-order valence-electron chi connectivity index (χ2n) is 5.26. The van der Waals surface area contributed by atoms with Crippen LogP contribution in [0.25, 0.3) is 0 Å². The summed E-state index contributed by atoms with van der Waals surface area (Å²) in [5, 5.41) is 3.39. The molecule has 0 spiro atoms. The topological polar surface area (TPSA) is 41.6 Å². The summed E-state index contributed by atoms with van der Waals surface area (Å²) >= 11 is 0. The van der Waals surface area contributed by atoms with Gasteiger partial charge in [0, 0.05) is 12.6 Å². The van der Waals surface area contributed by atoms with E-state index in [1.165, 1.54) is 32.9 Å². The van der Waals surface area contributed by atoms with Gasteiger partial charge in [-0.3, -0.25) is 4.79 Å². The minimum Gasteiger partial charge on any atom is -0.468 e. The molecule has 1 rings (SSSR count). The summed E-state index contributed by atoms with van der Waals surface area (Å²) < 4.78 is 4.86. The zero-order chi connectivity index (χ0) is 13.4. The van der Waals surface area contributed by atoms with Crippen LogP contribution in [0, 0.1) is 0 Å². The Morgan fingerprint density at radius 2 is 2.28 bits per heavy atom. The van der Waals surface area contributed by atoms with Crippen molar-refractivity contribution in [3.8, 4) is 0 Å². The van der Waals surface area contributed by atoms with E-state index in [2.05, 4.69) is 24.2 Å². The zero-order valence-corrected chi connectivity index (χ0v) is 12.1. The molecular formula is C14H28N2O2. The number of carbonyl (C=O) groups excluding carboxylic acids is 1. The van der Waals surface area contributed by atoms with Crippen molar-refractivity contribution in [3.05, 3.63) is 0 Å². The zero-order valence-electron chi connectivity index (χ0n) is 12.1. The number of hydrogen-bond acceptors (Lipinski definition) is 4. The van der Waals surface area contributed by atoms with Gasteiger partial charge in [-0.1, -0.05) is 26.2 Å². The van der Waals surface area contributed by atoms with Gasteiger partial charge >= 0.3 is 5.97 Å². The quantitative estimate of drug-likeness (QED) is 0.705. The first-order valence-electron chi connectivity index (χ1n) is 7.20. The first kappa shape index (κ1) is 15.4. The molecule has 0 radical (unpaired) electrons. The van der Waals surface area contributed by atoms with Gasteiger partial charge in [0.25, 0.3) is 0 Å². The number of unbranched alkanes of at least 4 members (excludes halogenated alkanes) is 1. The fourth-order valence-electron chi connectivity index (χ4n) is 2.53. The van der Waals surface area contributed by atoms with Crippen LogP contribution in [-0.4, -0.2) is 50.2 Å². The van der Waals surface area contributed by atoms with Crippen molar-refractivity contribution in [1.82, 2.24) is 10.2 Å². The fourth-order valence-corrected chi connectivity index (χ4v) is 2.53. The van der Waals surface area contributed by atoms with Crippen LogP contribution >= 0.6 is 0 Å². The average Bonchev–Trinajstić information content (AvgIpc) is 2.40. The minimum absolute atomic E-state index is 0.123.